The lowest BCUT2D eigenvalue weighted by molar-refractivity contribution is -0.132. The summed E-state index contributed by atoms with van der Waals surface area (Å²) < 4.78 is 7.71. The molecular formula is C31H41N5O3S. The van der Waals surface area contributed by atoms with Gasteiger partial charge in [-0.3, -0.25) is 9.59 Å². The summed E-state index contributed by atoms with van der Waals surface area (Å²) in [5, 5.41) is 5.05. The number of methoxy groups -OCH3 is 1. The van der Waals surface area contributed by atoms with Crippen molar-refractivity contribution in [2.45, 2.75) is 64.5 Å². The molecule has 2 amide bonds. The number of amides is 2. The minimum absolute atomic E-state index is 0.111. The van der Waals surface area contributed by atoms with Gasteiger partial charge in [-0.25, -0.2) is 4.98 Å². The first-order chi connectivity index (χ1) is 19.3. The predicted molar refractivity (Wildman–Crippen MR) is 162 cm³/mol. The molecule has 3 aromatic rings. The summed E-state index contributed by atoms with van der Waals surface area (Å²) >= 11 is 1.30. The van der Waals surface area contributed by atoms with E-state index >= 15 is 0 Å². The standard InChI is InChI=1S/C31H41N5O3S/c1-5-27-21(2)29(36(22(27)3)15-7-16-39-4)24-8-6-14-35(20-24)28(37)19-25(32)18-23-9-11-26(12-10-23)34-30(38)31-33-13-17-40-31/h5,9-13,17,24-25H,1,6-8,14-16,18-20,32H2,2-4H3,(H,34,38). The van der Waals surface area contributed by atoms with Crippen molar-refractivity contribution in [3.63, 3.8) is 0 Å². The zero-order valence-corrected chi connectivity index (χ0v) is 24.6. The molecule has 1 aromatic carbocycles. The Balaban J connectivity index is 1.35. The molecule has 1 fully saturated rings. The van der Waals surface area contributed by atoms with E-state index in [0.29, 0.717) is 30.1 Å². The van der Waals surface area contributed by atoms with Crippen LogP contribution in [0, 0.1) is 13.8 Å². The monoisotopic (exact) mass is 563 g/mol. The Hall–Kier alpha value is -3.27. The Labute approximate surface area is 241 Å². The van der Waals surface area contributed by atoms with Crippen molar-refractivity contribution in [1.82, 2.24) is 14.5 Å². The highest BCUT2D eigenvalue weighted by Crippen LogP contribution is 2.35. The molecule has 214 valence electrons. The highest BCUT2D eigenvalue weighted by Gasteiger charge is 2.30. The quantitative estimate of drug-likeness (QED) is 0.297. The van der Waals surface area contributed by atoms with E-state index in [2.05, 4.69) is 35.3 Å². The number of thiazole rings is 1. The Morgan fingerprint density at radius 2 is 2.08 bits per heavy atom. The van der Waals surface area contributed by atoms with E-state index in [0.717, 1.165) is 44.5 Å². The number of benzene rings is 1. The van der Waals surface area contributed by atoms with Crippen LogP contribution in [0.15, 0.2) is 42.4 Å². The highest BCUT2D eigenvalue weighted by atomic mass is 32.1. The van der Waals surface area contributed by atoms with E-state index in [1.807, 2.05) is 35.2 Å². The topological polar surface area (TPSA) is 102 Å². The molecule has 0 spiro atoms. The number of nitrogens with zero attached hydrogens (tertiary/aromatic N) is 3. The van der Waals surface area contributed by atoms with E-state index in [9.17, 15) is 9.59 Å². The lowest BCUT2D eigenvalue weighted by Crippen LogP contribution is -2.42. The molecule has 0 aliphatic carbocycles. The first-order valence-corrected chi connectivity index (χ1v) is 14.8. The van der Waals surface area contributed by atoms with Crippen LogP contribution in [0.5, 0.6) is 0 Å². The minimum Gasteiger partial charge on any atom is -0.385 e. The second kappa shape index (κ2) is 13.9. The van der Waals surface area contributed by atoms with Gasteiger partial charge in [-0.1, -0.05) is 24.8 Å². The van der Waals surface area contributed by atoms with Crippen LogP contribution in [0.3, 0.4) is 0 Å². The van der Waals surface area contributed by atoms with E-state index in [-0.39, 0.29) is 23.8 Å². The summed E-state index contributed by atoms with van der Waals surface area (Å²) in [7, 11) is 1.74. The highest BCUT2D eigenvalue weighted by molar-refractivity contribution is 7.11. The third-order valence-electron chi connectivity index (χ3n) is 7.74. The molecule has 2 aromatic heterocycles. The number of piperidine rings is 1. The van der Waals surface area contributed by atoms with Crippen LogP contribution in [-0.4, -0.2) is 59.1 Å². The number of carbonyl (C=O) groups is 2. The van der Waals surface area contributed by atoms with Crippen LogP contribution < -0.4 is 11.1 Å². The fourth-order valence-corrected chi connectivity index (χ4v) is 6.35. The Morgan fingerprint density at radius 1 is 1.30 bits per heavy atom. The molecule has 3 heterocycles. The number of rotatable bonds is 12. The van der Waals surface area contributed by atoms with Gasteiger partial charge in [0.25, 0.3) is 5.91 Å². The predicted octanol–water partition coefficient (Wildman–Crippen LogP) is 5.16. The summed E-state index contributed by atoms with van der Waals surface area (Å²) in [6.45, 7) is 11.5. The lowest BCUT2D eigenvalue weighted by atomic mass is 9.91. The first kappa shape index (κ1) is 29.7. The SMILES string of the molecule is C=Cc1c(C)c(C2CCCN(C(=O)CC(N)Cc3ccc(NC(=O)c4nccs4)cc3)C2)n(CCCOC)c1C. The molecule has 1 aliphatic rings. The Bertz CT molecular complexity index is 1300. The van der Waals surface area contributed by atoms with Crippen molar-refractivity contribution in [2.75, 3.05) is 32.1 Å². The second-order valence-electron chi connectivity index (χ2n) is 10.5. The van der Waals surface area contributed by atoms with Crippen LogP contribution >= 0.6 is 11.3 Å². The van der Waals surface area contributed by atoms with Crippen molar-refractivity contribution in [3.8, 4) is 0 Å². The van der Waals surface area contributed by atoms with Crippen molar-refractivity contribution in [3.05, 3.63) is 75.5 Å². The molecule has 1 saturated heterocycles. The number of ether oxygens (including phenoxy) is 1. The molecule has 2 atom stereocenters. The number of likely N-dealkylation sites (tertiary alicyclic amines) is 1. The molecule has 0 saturated carbocycles. The van der Waals surface area contributed by atoms with E-state index in [1.165, 1.54) is 33.9 Å². The summed E-state index contributed by atoms with van der Waals surface area (Å²) in [6.07, 6.45) is 7.44. The maximum atomic E-state index is 13.3. The zero-order chi connectivity index (χ0) is 28.6. The van der Waals surface area contributed by atoms with Gasteiger partial charge in [-0.05, 0) is 68.4 Å². The van der Waals surface area contributed by atoms with Gasteiger partial charge in [-0.15, -0.1) is 11.3 Å². The largest absolute Gasteiger partial charge is 0.385 e. The van der Waals surface area contributed by atoms with Crippen LogP contribution in [0.1, 0.15) is 69.5 Å². The number of anilines is 1. The van der Waals surface area contributed by atoms with Crippen molar-refractivity contribution in [2.24, 2.45) is 5.73 Å². The second-order valence-corrected chi connectivity index (χ2v) is 11.4. The maximum absolute atomic E-state index is 13.3. The molecule has 1 aliphatic heterocycles. The number of hydrogen-bond acceptors (Lipinski definition) is 6. The summed E-state index contributed by atoms with van der Waals surface area (Å²) in [4.78, 5) is 31.6. The van der Waals surface area contributed by atoms with Gasteiger partial charge in [0.2, 0.25) is 5.91 Å². The zero-order valence-electron chi connectivity index (χ0n) is 23.8. The fourth-order valence-electron chi connectivity index (χ4n) is 5.82. The molecule has 4 rings (SSSR count). The smallest absolute Gasteiger partial charge is 0.284 e. The molecule has 3 N–H and O–H groups in total. The van der Waals surface area contributed by atoms with Crippen molar-refractivity contribution in [1.29, 1.82) is 0 Å². The Morgan fingerprint density at radius 3 is 2.75 bits per heavy atom. The molecule has 0 bridgehead atoms. The summed E-state index contributed by atoms with van der Waals surface area (Å²) in [5.41, 5.74) is 13.2. The molecule has 8 nitrogen and oxygen atoms in total. The molecule has 9 heteroatoms. The minimum atomic E-state index is -0.280. The summed E-state index contributed by atoms with van der Waals surface area (Å²) in [6, 6.07) is 7.32. The van der Waals surface area contributed by atoms with Gasteiger partial charge in [0.1, 0.15) is 0 Å². The van der Waals surface area contributed by atoms with Gasteiger partial charge in [0.05, 0.1) is 0 Å². The average molecular weight is 564 g/mol. The molecular weight excluding hydrogens is 522 g/mol. The molecule has 2 unspecified atom stereocenters. The third-order valence-corrected chi connectivity index (χ3v) is 8.51. The van der Waals surface area contributed by atoms with Gasteiger partial charge in [0, 0.05) is 80.4 Å². The number of aromatic nitrogens is 2. The van der Waals surface area contributed by atoms with Crippen molar-refractivity contribution < 1.29 is 14.3 Å². The van der Waals surface area contributed by atoms with Crippen LogP contribution in [0.25, 0.3) is 6.08 Å². The van der Waals surface area contributed by atoms with Gasteiger partial charge in [0.15, 0.2) is 5.01 Å². The molecule has 0 radical (unpaired) electrons. The summed E-state index contributed by atoms with van der Waals surface area (Å²) in [5.74, 6) is 0.176. The molecule has 40 heavy (non-hydrogen) atoms. The van der Waals surface area contributed by atoms with Gasteiger partial charge >= 0.3 is 0 Å². The maximum Gasteiger partial charge on any atom is 0.284 e. The van der Waals surface area contributed by atoms with Crippen LogP contribution in [-0.2, 0) is 22.5 Å². The number of hydrogen-bond donors (Lipinski definition) is 2. The van der Waals surface area contributed by atoms with Gasteiger partial charge < -0.3 is 25.3 Å². The number of carbonyl (C=O) groups excluding carboxylic acids is 2. The first-order valence-electron chi connectivity index (χ1n) is 14.0. The van der Waals surface area contributed by atoms with Gasteiger partial charge in [-0.2, -0.15) is 0 Å². The van der Waals surface area contributed by atoms with E-state index < -0.39 is 0 Å². The van der Waals surface area contributed by atoms with Crippen LogP contribution in [0.2, 0.25) is 0 Å². The number of nitrogens with one attached hydrogen (secondary N) is 1. The lowest BCUT2D eigenvalue weighted by Gasteiger charge is -2.34. The van der Waals surface area contributed by atoms with E-state index in [4.69, 9.17) is 10.5 Å². The Kier molecular flexibility index (Phi) is 10.3. The average Bonchev–Trinajstić information content (AvgIpc) is 3.57. The fraction of sp³-hybridized carbons (Fsp3) is 0.452. The normalized spacial score (nSPS) is 16.1. The van der Waals surface area contributed by atoms with E-state index in [1.54, 1.807) is 18.7 Å². The third kappa shape index (κ3) is 7.08. The van der Waals surface area contributed by atoms with Crippen molar-refractivity contribution >= 4 is 34.9 Å². The van der Waals surface area contributed by atoms with Crippen LogP contribution in [0.4, 0.5) is 5.69 Å². The number of nitrogens with two attached hydrogens (primary N) is 1.